The molecular formula is C19H38N2O7. The van der Waals surface area contributed by atoms with Gasteiger partial charge in [0.05, 0.1) is 39.6 Å². The van der Waals surface area contributed by atoms with Crippen molar-refractivity contribution >= 4 is 12.2 Å². The maximum absolute atomic E-state index is 11.7. The van der Waals surface area contributed by atoms with Crippen molar-refractivity contribution in [1.82, 2.24) is 10.2 Å². The molecule has 0 aliphatic heterocycles. The summed E-state index contributed by atoms with van der Waals surface area (Å²) in [7, 11) is 1.67. The van der Waals surface area contributed by atoms with Gasteiger partial charge in [0.2, 0.25) is 0 Å². The zero-order chi connectivity index (χ0) is 21.6. The van der Waals surface area contributed by atoms with E-state index in [1.54, 1.807) is 7.05 Å². The van der Waals surface area contributed by atoms with Gasteiger partial charge in [-0.1, -0.05) is 0 Å². The van der Waals surface area contributed by atoms with Crippen LogP contribution in [0.25, 0.3) is 0 Å². The van der Waals surface area contributed by atoms with E-state index in [1.807, 2.05) is 41.5 Å². The van der Waals surface area contributed by atoms with Crippen molar-refractivity contribution in [3.63, 3.8) is 0 Å². The second kappa shape index (κ2) is 13.6. The molecule has 0 aromatic carbocycles. The third kappa shape index (κ3) is 17.8. The number of likely N-dealkylation sites (N-methyl/N-ethyl adjacent to an activating group) is 1. The average molecular weight is 407 g/mol. The minimum Gasteiger partial charge on any atom is -0.444 e. The van der Waals surface area contributed by atoms with Gasteiger partial charge in [0.25, 0.3) is 0 Å². The monoisotopic (exact) mass is 406 g/mol. The number of carbonyl (C=O) groups is 2. The molecule has 9 nitrogen and oxygen atoms in total. The van der Waals surface area contributed by atoms with Crippen molar-refractivity contribution in [1.29, 1.82) is 0 Å². The third-order valence-electron chi connectivity index (χ3n) is 2.93. The lowest BCUT2D eigenvalue weighted by Crippen LogP contribution is -2.36. The molecule has 2 amide bonds. The summed E-state index contributed by atoms with van der Waals surface area (Å²) >= 11 is 0. The van der Waals surface area contributed by atoms with Crippen molar-refractivity contribution in [2.24, 2.45) is 0 Å². The first-order valence-electron chi connectivity index (χ1n) is 9.55. The summed E-state index contributed by atoms with van der Waals surface area (Å²) in [5, 5.41) is 2.61. The first-order chi connectivity index (χ1) is 12.9. The van der Waals surface area contributed by atoms with E-state index < -0.39 is 17.3 Å². The number of rotatable bonds is 12. The van der Waals surface area contributed by atoms with E-state index in [4.69, 9.17) is 23.7 Å². The lowest BCUT2D eigenvalue weighted by molar-refractivity contribution is 0.00479. The molecule has 0 rings (SSSR count). The van der Waals surface area contributed by atoms with Crippen molar-refractivity contribution in [2.45, 2.75) is 52.7 Å². The second-order valence-corrected chi connectivity index (χ2v) is 8.17. The van der Waals surface area contributed by atoms with Gasteiger partial charge in [0, 0.05) is 20.1 Å². The highest BCUT2D eigenvalue weighted by Gasteiger charge is 2.19. The summed E-state index contributed by atoms with van der Waals surface area (Å²) in [6, 6.07) is 0. The summed E-state index contributed by atoms with van der Waals surface area (Å²) < 4.78 is 26.5. The lowest BCUT2D eigenvalue weighted by Gasteiger charge is -2.24. The molecule has 9 heteroatoms. The standard InChI is InChI=1S/C19H38N2O7/c1-18(2,3)27-16(22)20-8-10-24-12-14-26-15-13-25-11-9-21(7)17(23)28-19(4,5)6/h8-15H2,1-7H3,(H,20,22). The van der Waals surface area contributed by atoms with E-state index in [0.29, 0.717) is 52.7 Å². The first-order valence-corrected chi connectivity index (χ1v) is 9.55. The molecule has 0 saturated carbocycles. The highest BCUT2D eigenvalue weighted by atomic mass is 16.6. The van der Waals surface area contributed by atoms with Crippen molar-refractivity contribution in [3.05, 3.63) is 0 Å². The number of carbonyl (C=O) groups excluding carboxylic acids is 2. The highest BCUT2D eigenvalue weighted by Crippen LogP contribution is 2.08. The fourth-order valence-electron chi connectivity index (χ4n) is 1.71. The molecule has 0 fully saturated rings. The third-order valence-corrected chi connectivity index (χ3v) is 2.93. The van der Waals surface area contributed by atoms with Crippen LogP contribution in [0.5, 0.6) is 0 Å². The van der Waals surface area contributed by atoms with Gasteiger partial charge in [-0.05, 0) is 41.5 Å². The molecule has 0 aliphatic rings. The summed E-state index contributed by atoms with van der Waals surface area (Å²) in [6.07, 6.45) is -0.826. The molecule has 0 aliphatic carbocycles. The van der Waals surface area contributed by atoms with Crippen molar-refractivity contribution in [2.75, 3.05) is 59.8 Å². The average Bonchev–Trinajstić information content (AvgIpc) is 2.52. The molecule has 0 radical (unpaired) electrons. The molecule has 28 heavy (non-hydrogen) atoms. The smallest absolute Gasteiger partial charge is 0.410 e. The molecule has 0 aromatic heterocycles. The van der Waals surface area contributed by atoms with Crippen LogP contribution in [0.3, 0.4) is 0 Å². The van der Waals surface area contributed by atoms with E-state index in [0.717, 1.165) is 0 Å². The van der Waals surface area contributed by atoms with E-state index in [1.165, 1.54) is 4.90 Å². The Bertz CT molecular complexity index is 445. The van der Waals surface area contributed by atoms with Gasteiger partial charge in [-0.25, -0.2) is 9.59 Å². The van der Waals surface area contributed by atoms with Crippen LogP contribution >= 0.6 is 0 Å². The molecule has 0 unspecified atom stereocenters. The van der Waals surface area contributed by atoms with Gasteiger partial charge in [-0.15, -0.1) is 0 Å². The van der Waals surface area contributed by atoms with E-state index in [-0.39, 0.29) is 6.09 Å². The van der Waals surface area contributed by atoms with Crippen molar-refractivity contribution < 1.29 is 33.3 Å². The van der Waals surface area contributed by atoms with Crippen LogP contribution < -0.4 is 5.32 Å². The zero-order valence-electron chi connectivity index (χ0n) is 18.5. The van der Waals surface area contributed by atoms with Gasteiger partial charge in [0.15, 0.2) is 0 Å². The maximum Gasteiger partial charge on any atom is 0.410 e. The van der Waals surface area contributed by atoms with Gasteiger partial charge in [-0.3, -0.25) is 0 Å². The number of alkyl carbamates (subject to hydrolysis) is 1. The number of hydrogen-bond acceptors (Lipinski definition) is 7. The topological polar surface area (TPSA) is 95.6 Å². The van der Waals surface area contributed by atoms with Crippen LogP contribution in [0.2, 0.25) is 0 Å². The number of nitrogens with one attached hydrogen (secondary N) is 1. The minimum absolute atomic E-state index is 0.370. The Hall–Kier alpha value is -1.58. The van der Waals surface area contributed by atoms with E-state index in [9.17, 15) is 9.59 Å². The molecule has 0 aromatic rings. The van der Waals surface area contributed by atoms with Crippen LogP contribution in [0.4, 0.5) is 9.59 Å². The van der Waals surface area contributed by atoms with Crippen LogP contribution in [0.15, 0.2) is 0 Å². The molecular weight excluding hydrogens is 368 g/mol. The number of amides is 2. The Morgan fingerprint density at radius 1 is 0.750 bits per heavy atom. The largest absolute Gasteiger partial charge is 0.444 e. The molecule has 0 bridgehead atoms. The van der Waals surface area contributed by atoms with Gasteiger partial charge < -0.3 is 33.9 Å². The highest BCUT2D eigenvalue weighted by molar-refractivity contribution is 5.68. The van der Waals surface area contributed by atoms with Crippen LogP contribution in [-0.4, -0.2) is 88.1 Å². The normalized spacial score (nSPS) is 11.8. The van der Waals surface area contributed by atoms with Gasteiger partial charge in [-0.2, -0.15) is 0 Å². The predicted molar refractivity (Wildman–Crippen MR) is 106 cm³/mol. The van der Waals surface area contributed by atoms with E-state index >= 15 is 0 Å². The summed E-state index contributed by atoms with van der Waals surface area (Å²) in [6.45, 7) is 14.3. The summed E-state index contributed by atoms with van der Waals surface area (Å²) in [4.78, 5) is 24.6. The Kier molecular flexibility index (Phi) is 12.8. The molecule has 0 atom stereocenters. The van der Waals surface area contributed by atoms with Gasteiger partial charge in [0.1, 0.15) is 11.2 Å². The second-order valence-electron chi connectivity index (χ2n) is 8.17. The molecule has 0 heterocycles. The van der Waals surface area contributed by atoms with Crippen molar-refractivity contribution in [3.8, 4) is 0 Å². The fraction of sp³-hybridized carbons (Fsp3) is 0.895. The molecule has 166 valence electrons. The quantitative estimate of drug-likeness (QED) is 0.497. The van der Waals surface area contributed by atoms with Crippen LogP contribution in [0, 0.1) is 0 Å². The number of hydrogen-bond donors (Lipinski definition) is 1. The number of ether oxygens (including phenoxy) is 5. The Balaban J connectivity index is 3.42. The fourth-order valence-corrected chi connectivity index (χ4v) is 1.71. The maximum atomic E-state index is 11.7. The Morgan fingerprint density at radius 3 is 1.71 bits per heavy atom. The first kappa shape index (κ1) is 26.4. The summed E-state index contributed by atoms with van der Waals surface area (Å²) in [5.41, 5.74) is -1.01. The van der Waals surface area contributed by atoms with E-state index in [2.05, 4.69) is 5.32 Å². The van der Waals surface area contributed by atoms with Crippen LogP contribution in [0.1, 0.15) is 41.5 Å². The predicted octanol–water partition coefficient (Wildman–Crippen LogP) is 2.43. The summed E-state index contributed by atoms with van der Waals surface area (Å²) in [5.74, 6) is 0. The molecule has 0 spiro atoms. The number of nitrogens with zero attached hydrogens (tertiary/aromatic N) is 1. The SMILES string of the molecule is CN(CCOCCOCCOCCNC(=O)OC(C)(C)C)C(=O)OC(C)(C)C. The van der Waals surface area contributed by atoms with Gasteiger partial charge >= 0.3 is 12.2 Å². The molecule has 0 saturated heterocycles. The minimum atomic E-state index is -0.508. The Morgan fingerprint density at radius 2 is 1.21 bits per heavy atom. The Labute approximate surface area is 169 Å². The molecule has 1 N–H and O–H groups in total. The lowest BCUT2D eigenvalue weighted by atomic mass is 10.2. The van der Waals surface area contributed by atoms with Crippen LogP contribution in [-0.2, 0) is 23.7 Å². The zero-order valence-corrected chi connectivity index (χ0v) is 18.5.